The van der Waals surface area contributed by atoms with Gasteiger partial charge in [0.15, 0.2) is 0 Å². The first-order chi connectivity index (χ1) is 11.0. The molecule has 3 rings (SSSR count). The lowest BCUT2D eigenvalue weighted by Gasteiger charge is -2.23. The zero-order chi connectivity index (χ0) is 16.4. The van der Waals surface area contributed by atoms with Gasteiger partial charge < -0.3 is 15.4 Å². The molecule has 122 valence electrons. The van der Waals surface area contributed by atoms with Gasteiger partial charge in [-0.2, -0.15) is 5.10 Å². The zero-order valence-electron chi connectivity index (χ0n) is 13.6. The van der Waals surface area contributed by atoms with Crippen LogP contribution in [0.1, 0.15) is 25.5 Å². The number of carbonyl (C=O) groups is 1. The molecule has 23 heavy (non-hydrogen) atoms. The van der Waals surface area contributed by atoms with E-state index in [1.807, 2.05) is 13.8 Å². The number of pyridine rings is 1. The molecule has 0 saturated carbocycles. The minimum atomic E-state index is -0.548. The summed E-state index contributed by atoms with van der Waals surface area (Å²) in [6.07, 6.45) is 5.11. The van der Waals surface area contributed by atoms with Gasteiger partial charge in [0.25, 0.3) is 0 Å². The average molecular weight is 315 g/mol. The number of hydrogen-bond acceptors (Lipinski definition) is 5. The van der Waals surface area contributed by atoms with Crippen LogP contribution < -0.4 is 15.4 Å². The average Bonchev–Trinajstić information content (AvgIpc) is 3.08. The highest BCUT2D eigenvalue weighted by molar-refractivity contribution is 5.99. The predicted molar refractivity (Wildman–Crippen MR) is 86.5 cm³/mol. The van der Waals surface area contributed by atoms with Crippen molar-refractivity contribution < 1.29 is 9.53 Å². The van der Waals surface area contributed by atoms with Crippen molar-refractivity contribution in [3.63, 3.8) is 0 Å². The number of nitrogens with zero attached hydrogens (tertiary/aromatic N) is 3. The van der Waals surface area contributed by atoms with E-state index in [0.29, 0.717) is 23.0 Å². The van der Waals surface area contributed by atoms with Gasteiger partial charge in [0, 0.05) is 13.2 Å². The standard InChI is InChI=1S/C16H21N5O2/c1-11-13(19-15(22)16(2)7-5-9-18-16)14(21(3)20-11)23-12-6-4-8-17-10-12/h4,6,8,10,18H,5,7,9H2,1-3H3,(H,19,22)/t16-/m1/s1. The zero-order valence-corrected chi connectivity index (χ0v) is 13.6. The highest BCUT2D eigenvalue weighted by Crippen LogP contribution is 2.32. The van der Waals surface area contributed by atoms with E-state index in [1.165, 1.54) is 0 Å². The maximum Gasteiger partial charge on any atom is 0.244 e. The van der Waals surface area contributed by atoms with Crippen LogP contribution in [0.3, 0.4) is 0 Å². The van der Waals surface area contributed by atoms with Gasteiger partial charge in [0.2, 0.25) is 11.8 Å². The second-order valence-corrected chi connectivity index (χ2v) is 6.00. The number of hydrogen-bond donors (Lipinski definition) is 2. The van der Waals surface area contributed by atoms with E-state index in [4.69, 9.17) is 4.74 Å². The molecule has 0 radical (unpaired) electrons. The van der Waals surface area contributed by atoms with Gasteiger partial charge in [-0.05, 0) is 45.4 Å². The fourth-order valence-electron chi connectivity index (χ4n) is 2.76. The van der Waals surface area contributed by atoms with Gasteiger partial charge in [-0.25, -0.2) is 4.68 Å². The Morgan fingerprint density at radius 2 is 2.35 bits per heavy atom. The number of nitrogens with one attached hydrogen (secondary N) is 2. The van der Waals surface area contributed by atoms with Crippen molar-refractivity contribution >= 4 is 11.6 Å². The van der Waals surface area contributed by atoms with Crippen LogP contribution in [0.25, 0.3) is 0 Å². The molecule has 1 aliphatic heterocycles. The van der Waals surface area contributed by atoms with Crippen LogP contribution in [-0.2, 0) is 11.8 Å². The van der Waals surface area contributed by atoms with Gasteiger partial charge in [-0.15, -0.1) is 0 Å². The normalized spacial score (nSPS) is 20.5. The van der Waals surface area contributed by atoms with Crippen LogP contribution in [-0.4, -0.2) is 32.8 Å². The molecular formula is C16H21N5O2. The van der Waals surface area contributed by atoms with Gasteiger partial charge in [0.1, 0.15) is 11.4 Å². The molecule has 1 amide bonds. The van der Waals surface area contributed by atoms with Crippen LogP contribution >= 0.6 is 0 Å². The van der Waals surface area contributed by atoms with E-state index in [0.717, 1.165) is 19.4 Å². The van der Waals surface area contributed by atoms with Crippen molar-refractivity contribution in [2.45, 2.75) is 32.2 Å². The van der Waals surface area contributed by atoms with E-state index < -0.39 is 5.54 Å². The quantitative estimate of drug-likeness (QED) is 0.902. The Kier molecular flexibility index (Phi) is 4.04. The van der Waals surface area contributed by atoms with E-state index in [9.17, 15) is 4.79 Å². The summed E-state index contributed by atoms with van der Waals surface area (Å²) in [6.45, 7) is 4.62. The summed E-state index contributed by atoms with van der Waals surface area (Å²) in [5.41, 5.74) is 0.756. The lowest BCUT2D eigenvalue weighted by molar-refractivity contribution is -0.121. The summed E-state index contributed by atoms with van der Waals surface area (Å²) < 4.78 is 7.47. The summed E-state index contributed by atoms with van der Waals surface area (Å²) in [4.78, 5) is 16.7. The third kappa shape index (κ3) is 3.05. The van der Waals surface area contributed by atoms with Gasteiger partial charge in [0.05, 0.1) is 17.4 Å². The molecular weight excluding hydrogens is 294 g/mol. The van der Waals surface area contributed by atoms with E-state index >= 15 is 0 Å². The summed E-state index contributed by atoms with van der Waals surface area (Å²) in [5.74, 6) is 1.02. The summed E-state index contributed by atoms with van der Waals surface area (Å²) in [6, 6.07) is 3.60. The van der Waals surface area contributed by atoms with Crippen molar-refractivity contribution in [2.24, 2.45) is 7.05 Å². The Morgan fingerprint density at radius 3 is 3.00 bits per heavy atom. The van der Waals surface area contributed by atoms with Crippen LogP contribution in [0, 0.1) is 6.92 Å². The van der Waals surface area contributed by atoms with Crippen molar-refractivity contribution in [1.29, 1.82) is 0 Å². The largest absolute Gasteiger partial charge is 0.436 e. The molecule has 2 aromatic heterocycles. The SMILES string of the molecule is Cc1nn(C)c(Oc2cccnc2)c1NC(=O)[C@@]1(C)CCCN1. The number of rotatable bonds is 4. The lowest BCUT2D eigenvalue weighted by atomic mass is 9.99. The predicted octanol–water partition coefficient (Wildman–Crippen LogP) is 2.00. The number of amides is 1. The first-order valence-electron chi connectivity index (χ1n) is 7.67. The number of carbonyl (C=O) groups excluding carboxylic acids is 1. The molecule has 2 N–H and O–H groups in total. The number of aryl methyl sites for hydroxylation is 2. The third-order valence-electron chi connectivity index (χ3n) is 4.13. The molecule has 1 saturated heterocycles. The molecule has 0 spiro atoms. The highest BCUT2D eigenvalue weighted by atomic mass is 16.5. The Morgan fingerprint density at radius 1 is 1.52 bits per heavy atom. The minimum absolute atomic E-state index is 0.0675. The molecule has 0 aliphatic carbocycles. The summed E-state index contributed by atoms with van der Waals surface area (Å²) in [5, 5.41) is 10.6. The molecule has 0 unspecified atom stereocenters. The molecule has 7 nitrogen and oxygen atoms in total. The molecule has 1 fully saturated rings. The molecule has 0 bridgehead atoms. The molecule has 1 atom stereocenters. The van der Waals surface area contributed by atoms with Crippen LogP contribution in [0.5, 0.6) is 11.6 Å². The van der Waals surface area contributed by atoms with E-state index in [1.54, 1.807) is 36.3 Å². The number of aromatic nitrogens is 3. The highest BCUT2D eigenvalue weighted by Gasteiger charge is 2.37. The van der Waals surface area contributed by atoms with Crippen LogP contribution in [0.15, 0.2) is 24.5 Å². The lowest BCUT2D eigenvalue weighted by Crippen LogP contribution is -2.48. The molecule has 2 aromatic rings. The smallest absolute Gasteiger partial charge is 0.244 e. The van der Waals surface area contributed by atoms with Gasteiger partial charge in [-0.1, -0.05) is 0 Å². The Hall–Kier alpha value is -2.41. The number of ether oxygens (including phenoxy) is 1. The second-order valence-electron chi connectivity index (χ2n) is 6.00. The second kappa shape index (κ2) is 6.00. The maximum atomic E-state index is 12.6. The Bertz CT molecular complexity index is 705. The fourth-order valence-corrected chi connectivity index (χ4v) is 2.76. The molecule has 7 heteroatoms. The minimum Gasteiger partial charge on any atom is -0.436 e. The first kappa shape index (κ1) is 15.5. The first-order valence-corrected chi connectivity index (χ1v) is 7.67. The molecule has 3 heterocycles. The van der Waals surface area contributed by atoms with Gasteiger partial charge >= 0.3 is 0 Å². The maximum absolute atomic E-state index is 12.6. The van der Waals surface area contributed by atoms with Crippen molar-refractivity contribution in [3.05, 3.63) is 30.2 Å². The topological polar surface area (TPSA) is 81.1 Å². The van der Waals surface area contributed by atoms with Crippen molar-refractivity contribution in [1.82, 2.24) is 20.1 Å². The third-order valence-corrected chi connectivity index (χ3v) is 4.13. The fraction of sp³-hybridized carbons (Fsp3) is 0.438. The number of anilines is 1. The van der Waals surface area contributed by atoms with Crippen LogP contribution in [0.2, 0.25) is 0 Å². The molecule has 0 aromatic carbocycles. The van der Waals surface area contributed by atoms with Crippen molar-refractivity contribution in [2.75, 3.05) is 11.9 Å². The van der Waals surface area contributed by atoms with E-state index in [2.05, 4.69) is 20.7 Å². The Labute approximate surface area is 135 Å². The van der Waals surface area contributed by atoms with E-state index in [-0.39, 0.29) is 5.91 Å². The monoisotopic (exact) mass is 315 g/mol. The summed E-state index contributed by atoms with van der Waals surface area (Å²) in [7, 11) is 1.78. The Balaban J connectivity index is 1.86. The molecule has 1 aliphatic rings. The van der Waals surface area contributed by atoms with Crippen molar-refractivity contribution in [3.8, 4) is 11.6 Å². The van der Waals surface area contributed by atoms with Gasteiger partial charge in [-0.3, -0.25) is 9.78 Å². The van der Waals surface area contributed by atoms with Crippen LogP contribution in [0.4, 0.5) is 5.69 Å². The summed E-state index contributed by atoms with van der Waals surface area (Å²) >= 11 is 0.